The number of ether oxygens (including phenoxy) is 2. The van der Waals surface area contributed by atoms with Gasteiger partial charge < -0.3 is 35.4 Å². The lowest BCUT2D eigenvalue weighted by Crippen LogP contribution is -2.70. The minimum Gasteiger partial charge on any atom is -0.391 e. The van der Waals surface area contributed by atoms with E-state index in [2.05, 4.69) is 34.8 Å². The molecule has 15 heteroatoms. The predicted molar refractivity (Wildman–Crippen MR) is 215 cm³/mol. The van der Waals surface area contributed by atoms with Crippen LogP contribution in [-0.4, -0.2) is 93.7 Å². The Hall–Kier alpha value is -3.47. The summed E-state index contributed by atoms with van der Waals surface area (Å²) >= 11 is 1.58. The van der Waals surface area contributed by atoms with Crippen LogP contribution in [0.1, 0.15) is 104 Å². The number of nitrogens with one attached hydrogen (secondary N) is 3. The molecule has 1 spiro atoms. The number of aromatic nitrogens is 1. The summed E-state index contributed by atoms with van der Waals surface area (Å²) in [6, 6.07) is 6.07. The minimum absolute atomic E-state index is 0.00789. The number of carbonyl (C=O) groups excluding carboxylic acids is 4. The molecule has 5 saturated heterocycles. The van der Waals surface area contributed by atoms with Crippen molar-refractivity contribution in [2.75, 3.05) is 13.1 Å². The number of aliphatic hydroxyl groups is 1. The maximum absolute atomic E-state index is 14.0. The first kappa shape index (κ1) is 42.6. The first-order chi connectivity index (χ1) is 27.5. The topological polar surface area (TPSA) is 178 Å². The average molecular weight is 824 g/mol. The summed E-state index contributed by atoms with van der Waals surface area (Å²) in [6.07, 6.45) is 2.56. The van der Waals surface area contributed by atoms with Gasteiger partial charge in [-0.15, -0.1) is 11.3 Å². The van der Waals surface area contributed by atoms with Gasteiger partial charge in [-0.25, -0.2) is 14.8 Å². The van der Waals surface area contributed by atoms with Crippen molar-refractivity contribution in [1.29, 1.82) is 0 Å². The van der Waals surface area contributed by atoms with Gasteiger partial charge in [0.1, 0.15) is 12.1 Å². The number of amides is 4. The fraction of sp³-hybridized carbons (Fsp3) is 0.698. The minimum atomic E-state index is -0.938. The van der Waals surface area contributed by atoms with Gasteiger partial charge in [0.25, 0.3) is 0 Å². The number of likely N-dealkylation sites (tertiary alicyclic amines) is 1. The lowest BCUT2D eigenvalue weighted by Gasteiger charge is -2.60. The number of rotatable bonds is 12. The first-order valence-corrected chi connectivity index (χ1v) is 21.9. The summed E-state index contributed by atoms with van der Waals surface area (Å²) in [6.45, 7) is 14.3. The monoisotopic (exact) mass is 823 g/mol. The van der Waals surface area contributed by atoms with Crippen molar-refractivity contribution in [3.05, 3.63) is 41.0 Å². The number of benzene rings is 1. The predicted octanol–water partition coefficient (Wildman–Crippen LogP) is 4.76. The molecule has 0 radical (unpaired) electrons. The Morgan fingerprint density at radius 2 is 1.79 bits per heavy atom. The van der Waals surface area contributed by atoms with Crippen LogP contribution >= 0.6 is 11.3 Å². The van der Waals surface area contributed by atoms with Crippen molar-refractivity contribution in [2.45, 2.75) is 148 Å². The number of carbonyl (C=O) groups is 4. The standard InChI is InChI=1S/C43H61N5O9S/c1-24-10-15-31-25(2)33(54-40-43(31)30(24)16-17-42(7,55-40)56-57-43)20-35(51)44-18-8-9-34(50)47-37(41(4,5)6)39(53)48-22-29(49)19-32(48)38(52)45-21-27-11-13-28(14-12-27)36-26(3)46-23-58-36/h11-14,23-25,29-33,37,40,49H,8-10,15-22H2,1-7H3,(H,44,51)(H,45,52)(H,47,50). The molecule has 1 aromatic heterocycles. The van der Waals surface area contributed by atoms with E-state index >= 15 is 0 Å². The Labute approximate surface area is 345 Å². The number of aryl methyl sites for hydroxylation is 1. The second kappa shape index (κ2) is 16.9. The molecule has 6 fully saturated rings. The highest BCUT2D eigenvalue weighted by molar-refractivity contribution is 7.13. The van der Waals surface area contributed by atoms with E-state index in [1.165, 1.54) is 4.90 Å². The Kier molecular flexibility index (Phi) is 12.4. The zero-order valence-electron chi connectivity index (χ0n) is 34.9. The maximum Gasteiger partial charge on any atom is 0.246 e. The molecule has 6 aliphatic rings. The molecule has 11 unspecified atom stereocenters. The van der Waals surface area contributed by atoms with E-state index in [0.717, 1.165) is 47.4 Å². The van der Waals surface area contributed by atoms with Gasteiger partial charge >= 0.3 is 0 Å². The highest BCUT2D eigenvalue weighted by atomic mass is 32.1. The van der Waals surface area contributed by atoms with Crippen LogP contribution in [0.3, 0.4) is 0 Å². The van der Waals surface area contributed by atoms with Crippen molar-refractivity contribution >= 4 is 35.0 Å². The third-order valence-corrected chi connectivity index (χ3v) is 14.3. The van der Waals surface area contributed by atoms with Crippen LogP contribution in [-0.2, 0) is 45.0 Å². The number of hydrogen-bond donors (Lipinski definition) is 4. The Bertz CT molecular complexity index is 1830. The van der Waals surface area contributed by atoms with Crippen molar-refractivity contribution < 1.29 is 43.5 Å². The quantitative estimate of drug-likeness (QED) is 0.172. The van der Waals surface area contributed by atoms with Crippen LogP contribution in [0.15, 0.2) is 29.8 Å². The fourth-order valence-electron chi connectivity index (χ4n) is 9.96. The van der Waals surface area contributed by atoms with E-state index in [9.17, 15) is 24.3 Å². The van der Waals surface area contributed by atoms with Crippen molar-refractivity contribution in [1.82, 2.24) is 25.8 Å². The second-order valence-corrected chi connectivity index (χ2v) is 19.4. The summed E-state index contributed by atoms with van der Waals surface area (Å²) < 4.78 is 13.0. The van der Waals surface area contributed by atoms with E-state index in [0.29, 0.717) is 12.3 Å². The van der Waals surface area contributed by atoms with Crippen LogP contribution in [0.5, 0.6) is 0 Å². The summed E-state index contributed by atoms with van der Waals surface area (Å²) in [5, 5.41) is 19.4. The van der Waals surface area contributed by atoms with Crippen molar-refractivity contribution in [2.24, 2.45) is 29.1 Å². The van der Waals surface area contributed by atoms with Crippen LogP contribution in [0.25, 0.3) is 10.4 Å². The van der Waals surface area contributed by atoms with Crippen LogP contribution in [0.4, 0.5) is 0 Å². The van der Waals surface area contributed by atoms with Crippen molar-refractivity contribution in [3.63, 3.8) is 0 Å². The average Bonchev–Trinajstić information content (AvgIpc) is 3.72. The van der Waals surface area contributed by atoms with Gasteiger partial charge in [-0.3, -0.25) is 19.2 Å². The van der Waals surface area contributed by atoms with Gasteiger partial charge in [0.15, 0.2) is 11.9 Å². The zero-order chi connectivity index (χ0) is 41.6. The summed E-state index contributed by atoms with van der Waals surface area (Å²) in [4.78, 5) is 72.9. The molecular weight excluding hydrogens is 763 g/mol. The SMILES string of the molecule is Cc1ncsc1-c1ccc(CNC(=O)C2CC(O)CN2C(=O)C(NC(=O)CCCNC(=O)CC2OC3OC4(C)CCC5C(C)CCC(C2C)C35OO4)C(C)(C)C)cc1. The molecule has 1 aliphatic carbocycles. The molecule has 4 amide bonds. The highest BCUT2D eigenvalue weighted by Crippen LogP contribution is 2.60. The van der Waals surface area contributed by atoms with Crippen LogP contribution in [0, 0.1) is 36.0 Å². The first-order valence-electron chi connectivity index (χ1n) is 21.0. The number of hydrogen-bond acceptors (Lipinski definition) is 11. The number of nitrogens with zero attached hydrogens (tertiary/aromatic N) is 2. The molecular formula is C43H61N5O9S. The zero-order valence-corrected chi connectivity index (χ0v) is 35.7. The van der Waals surface area contributed by atoms with E-state index in [1.807, 2.05) is 64.4 Å². The summed E-state index contributed by atoms with van der Waals surface area (Å²) in [7, 11) is 0. The van der Waals surface area contributed by atoms with Crippen molar-refractivity contribution in [3.8, 4) is 10.4 Å². The van der Waals surface area contributed by atoms with Crippen LogP contribution in [0.2, 0.25) is 0 Å². The van der Waals surface area contributed by atoms with Crippen LogP contribution < -0.4 is 16.0 Å². The summed E-state index contributed by atoms with van der Waals surface area (Å²) in [5.41, 5.74) is 3.36. The molecule has 1 saturated carbocycles. The summed E-state index contributed by atoms with van der Waals surface area (Å²) in [5.74, 6) is -1.30. The number of aliphatic hydroxyl groups excluding tert-OH is 1. The molecule has 4 N–H and O–H groups in total. The molecule has 58 heavy (non-hydrogen) atoms. The number of fused-ring (bicyclic) bond motifs is 2. The number of β-amino-alcohol motifs (C(OH)–C–C–N with tert-alkyl or cyclic N) is 1. The Balaban J connectivity index is 0.885. The highest BCUT2D eigenvalue weighted by Gasteiger charge is 2.69. The second-order valence-electron chi connectivity index (χ2n) is 18.5. The molecule has 2 aromatic rings. The van der Waals surface area contributed by atoms with E-state index in [-0.39, 0.29) is 80.5 Å². The van der Waals surface area contributed by atoms with E-state index < -0.39 is 47.2 Å². The third-order valence-electron chi connectivity index (χ3n) is 13.3. The van der Waals surface area contributed by atoms with Gasteiger partial charge in [0.05, 0.1) is 34.7 Å². The molecule has 1 aromatic carbocycles. The van der Waals surface area contributed by atoms with E-state index in [4.69, 9.17) is 19.2 Å². The largest absolute Gasteiger partial charge is 0.391 e. The molecule has 6 heterocycles. The molecule has 11 atom stereocenters. The third kappa shape index (κ3) is 8.58. The molecule has 318 valence electrons. The van der Waals surface area contributed by atoms with E-state index in [1.54, 1.807) is 11.3 Å². The van der Waals surface area contributed by atoms with Gasteiger partial charge in [-0.05, 0) is 73.8 Å². The molecule has 8 rings (SSSR count). The molecule has 2 bridgehead atoms. The van der Waals surface area contributed by atoms with Gasteiger partial charge in [-0.2, -0.15) is 0 Å². The fourth-order valence-corrected chi connectivity index (χ4v) is 10.8. The van der Waals surface area contributed by atoms with Gasteiger partial charge in [0.2, 0.25) is 29.4 Å². The molecule has 14 nitrogen and oxygen atoms in total. The van der Waals surface area contributed by atoms with Gasteiger partial charge in [-0.1, -0.05) is 58.9 Å². The number of thiazole rings is 1. The lowest BCUT2D eigenvalue weighted by atomic mass is 9.57. The van der Waals surface area contributed by atoms with Gasteiger partial charge in [0, 0.05) is 44.8 Å². The lowest BCUT2D eigenvalue weighted by molar-refractivity contribution is -0.570. The Morgan fingerprint density at radius 3 is 2.50 bits per heavy atom. The smallest absolute Gasteiger partial charge is 0.246 e. The maximum atomic E-state index is 14.0. The Morgan fingerprint density at radius 1 is 1.03 bits per heavy atom. The molecule has 5 aliphatic heterocycles. The normalized spacial score (nSPS) is 33.5.